The molecule has 0 aromatic rings. The molecular formula is C10H18N2O. The van der Waals surface area contributed by atoms with Crippen LogP contribution in [0.4, 0.5) is 0 Å². The maximum absolute atomic E-state index is 11.5. The first-order chi connectivity index (χ1) is 6.24. The van der Waals surface area contributed by atoms with Crippen LogP contribution in [0.3, 0.4) is 0 Å². The third-order valence-electron chi connectivity index (χ3n) is 2.38. The Bertz CT molecular complexity index is 193. The van der Waals surface area contributed by atoms with E-state index in [4.69, 9.17) is 0 Å². The van der Waals surface area contributed by atoms with Crippen LogP contribution in [0.1, 0.15) is 13.3 Å². The highest BCUT2D eigenvalue weighted by Crippen LogP contribution is 2.01. The third-order valence-corrected chi connectivity index (χ3v) is 2.38. The maximum atomic E-state index is 11.5. The highest BCUT2D eigenvalue weighted by atomic mass is 16.2. The summed E-state index contributed by atoms with van der Waals surface area (Å²) in [5, 5.41) is 0. The first-order valence-electron chi connectivity index (χ1n) is 4.81. The minimum atomic E-state index is 0.256. The molecule has 0 atom stereocenters. The molecule has 0 spiro atoms. The summed E-state index contributed by atoms with van der Waals surface area (Å²) in [6.07, 6.45) is 4.40. The van der Waals surface area contributed by atoms with Crippen molar-refractivity contribution in [3.63, 3.8) is 0 Å². The first-order valence-corrected chi connectivity index (χ1v) is 4.81. The van der Waals surface area contributed by atoms with E-state index < -0.39 is 0 Å². The average Bonchev–Trinajstić information content (AvgIpc) is 2.15. The van der Waals surface area contributed by atoms with Gasteiger partial charge in [-0.3, -0.25) is 4.79 Å². The van der Waals surface area contributed by atoms with Crippen molar-refractivity contribution in [2.75, 3.05) is 33.2 Å². The molecule has 3 heteroatoms. The fourth-order valence-electron chi connectivity index (χ4n) is 1.40. The van der Waals surface area contributed by atoms with Gasteiger partial charge in [-0.1, -0.05) is 12.2 Å². The van der Waals surface area contributed by atoms with Gasteiger partial charge in [-0.2, -0.15) is 0 Å². The van der Waals surface area contributed by atoms with Crippen LogP contribution in [0.15, 0.2) is 12.2 Å². The van der Waals surface area contributed by atoms with Crippen LogP contribution in [0.5, 0.6) is 0 Å². The van der Waals surface area contributed by atoms with Crippen molar-refractivity contribution in [2.24, 2.45) is 0 Å². The van der Waals surface area contributed by atoms with Gasteiger partial charge in [0.2, 0.25) is 5.91 Å². The van der Waals surface area contributed by atoms with E-state index in [-0.39, 0.29) is 5.91 Å². The molecule has 1 fully saturated rings. The fourth-order valence-corrected chi connectivity index (χ4v) is 1.40. The van der Waals surface area contributed by atoms with Crippen LogP contribution < -0.4 is 0 Å². The molecule has 0 N–H and O–H groups in total. The average molecular weight is 182 g/mol. The van der Waals surface area contributed by atoms with Gasteiger partial charge in [0.15, 0.2) is 0 Å². The summed E-state index contributed by atoms with van der Waals surface area (Å²) in [4.78, 5) is 15.7. The summed E-state index contributed by atoms with van der Waals surface area (Å²) < 4.78 is 0. The van der Waals surface area contributed by atoms with Gasteiger partial charge < -0.3 is 9.80 Å². The van der Waals surface area contributed by atoms with Crippen LogP contribution in [0.2, 0.25) is 0 Å². The number of nitrogens with zero attached hydrogens (tertiary/aromatic N) is 2. The number of rotatable bonds is 2. The van der Waals surface area contributed by atoms with E-state index >= 15 is 0 Å². The molecule has 0 aromatic carbocycles. The largest absolute Gasteiger partial charge is 0.340 e. The van der Waals surface area contributed by atoms with Crippen molar-refractivity contribution in [1.29, 1.82) is 0 Å². The van der Waals surface area contributed by atoms with Crippen molar-refractivity contribution in [2.45, 2.75) is 13.3 Å². The van der Waals surface area contributed by atoms with Crippen molar-refractivity contribution in [1.82, 2.24) is 9.80 Å². The van der Waals surface area contributed by atoms with Crippen LogP contribution in [-0.4, -0.2) is 48.9 Å². The van der Waals surface area contributed by atoms with E-state index in [1.54, 1.807) is 0 Å². The normalized spacial score (nSPS) is 19.7. The lowest BCUT2D eigenvalue weighted by Crippen LogP contribution is -2.46. The Morgan fingerprint density at radius 2 is 1.92 bits per heavy atom. The molecule has 1 aliphatic rings. The Balaban J connectivity index is 2.31. The molecule has 0 radical (unpaired) electrons. The molecule has 0 bridgehead atoms. The van der Waals surface area contributed by atoms with Gasteiger partial charge in [-0.05, 0) is 14.0 Å². The van der Waals surface area contributed by atoms with E-state index in [0.717, 1.165) is 26.2 Å². The third kappa shape index (κ3) is 3.19. The molecule has 0 saturated carbocycles. The van der Waals surface area contributed by atoms with Gasteiger partial charge >= 0.3 is 0 Å². The van der Waals surface area contributed by atoms with Crippen molar-refractivity contribution >= 4 is 5.91 Å². The van der Waals surface area contributed by atoms with E-state index in [9.17, 15) is 4.79 Å². The molecular weight excluding hydrogens is 164 g/mol. The minimum absolute atomic E-state index is 0.256. The number of hydrogen-bond donors (Lipinski definition) is 0. The lowest BCUT2D eigenvalue weighted by Gasteiger charge is -2.32. The second-order valence-corrected chi connectivity index (χ2v) is 3.46. The van der Waals surface area contributed by atoms with E-state index in [1.807, 2.05) is 24.0 Å². The minimum Gasteiger partial charge on any atom is -0.340 e. The van der Waals surface area contributed by atoms with Crippen molar-refractivity contribution < 1.29 is 4.79 Å². The lowest BCUT2D eigenvalue weighted by atomic mass is 10.3. The summed E-state index contributed by atoms with van der Waals surface area (Å²) in [5.74, 6) is 0.256. The predicted molar refractivity (Wildman–Crippen MR) is 53.5 cm³/mol. The van der Waals surface area contributed by atoms with Gasteiger partial charge in [0.1, 0.15) is 0 Å². The number of piperazine rings is 1. The molecule has 74 valence electrons. The fraction of sp³-hybridized carbons (Fsp3) is 0.700. The molecule has 0 aliphatic carbocycles. The van der Waals surface area contributed by atoms with Crippen LogP contribution in [0, 0.1) is 0 Å². The quantitative estimate of drug-likeness (QED) is 0.588. The monoisotopic (exact) mass is 182 g/mol. The Hall–Kier alpha value is -0.830. The maximum Gasteiger partial charge on any atom is 0.226 e. The zero-order valence-corrected chi connectivity index (χ0v) is 8.49. The smallest absolute Gasteiger partial charge is 0.226 e. The first kappa shape index (κ1) is 10.3. The summed E-state index contributed by atoms with van der Waals surface area (Å²) in [6.45, 7) is 5.71. The van der Waals surface area contributed by atoms with Gasteiger partial charge in [0, 0.05) is 32.6 Å². The van der Waals surface area contributed by atoms with Gasteiger partial charge in [0.25, 0.3) is 0 Å². The summed E-state index contributed by atoms with van der Waals surface area (Å²) in [6, 6.07) is 0. The van der Waals surface area contributed by atoms with Crippen LogP contribution in [0.25, 0.3) is 0 Å². The van der Waals surface area contributed by atoms with Crippen LogP contribution in [-0.2, 0) is 4.79 Å². The molecule has 1 amide bonds. The van der Waals surface area contributed by atoms with Gasteiger partial charge in [0.05, 0.1) is 0 Å². The summed E-state index contributed by atoms with van der Waals surface area (Å²) in [7, 11) is 2.09. The molecule has 0 aromatic heterocycles. The number of carbonyl (C=O) groups excluding carboxylic acids is 1. The van der Waals surface area contributed by atoms with Crippen molar-refractivity contribution in [3.05, 3.63) is 12.2 Å². The Morgan fingerprint density at radius 3 is 2.46 bits per heavy atom. The van der Waals surface area contributed by atoms with Gasteiger partial charge in [-0.25, -0.2) is 0 Å². The molecule has 0 unspecified atom stereocenters. The lowest BCUT2D eigenvalue weighted by molar-refractivity contribution is -0.131. The summed E-state index contributed by atoms with van der Waals surface area (Å²) in [5.41, 5.74) is 0. The number of likely N-dealkylation sites (N-methyl/N-ethyl adjacent to an activating group) is 1. The molecule has 1 rings (SSSR count). The Morgan fingerprint density at radius 1 is 1.31 bits per heavy atom. The number of allylic oxidation sites excluding steroid dienone is 1. The topological polar surface area (TPSA) is 23.6 Å². The number of amides is 1. The highest BCUT2D eigenvalue weighted by Gasteiger charge is 2.17. The second-order valence-electron chi connectivity index (χ2n) is 3.46. The SMILES string of the molecule is C/C=C\CC(=O)N1CCN(C)CC1. The zero-order chi connectivity index (χ0) is 9.68. The number of hydrogen-bond acceptors (Lipinski definition) is 2. The molecule has 3 nitrogen and oxygen atoms in total. The second kappa shape index (κ2) is 5.02. The molecule has 1 saturated heterocycles. The number of carbonyl (C=O) groups is 1. The molecule has 13 heavy (non-hydrogen) atoms. The predicted octanol–water partition coefficient (Wildman–Crippen LogP) is 0.727. The van der Waals surface area contributed by atoms with E-state index in [2.05, 4.69) is 11.9 Å². The Labute approximate surface area is 80.0 Å². The highest BCUT2D eigenvalue weighted by molar-refractivity contribution is 5.77. The molecule has 1 aliphatic heterocycles. The zero-order valence-electron chi connectivity index (χ0n) is 8.49. The standard InChI is InChI=1S/C10H18N2O/c1-3-4-5-10(13)12-8-6-11(2)7-9-12/h3-4H,5-9H2,1-2H3/b4-3-. The van der Waals surface area contributed by atoms with Crippen molar-refractivity contribution in [3.8, 4) is 0 Å². The van der Waals surface area contributed by atoms with E-state index in [1.165, 1.54) is 0 Å². The van der Waals surface area contributed by atoms with E-state index in [0.29, 0.717) is 6.42 Å². The Kier molecular flexibility index (Phi) is 3.96. The molecule has 1 heterocycles. The summed E-state index contributed by atoms with van der Waals surface area (Å²) >= 11 is 0. The van der Waals surface area contributed by atoms with Crippen LogP contribution >= 0.6 is 0 Å². The van der Waals surface area contributed by atoms with Gasteiger partial charge in [-0.15, -0.1) is 0 Å².